The molecule has 0 radical (unpaired) electrons. The number of ether oxygens (including phenoxy) is 2. The first-order valence-corrected chi connectivity index (χ1v) is 6.07. The zero-order chi connectivity index (χ0) is 13.8. The lowest BCUT2D eigenvalue weighted by Gasteiger charge is -2.34. The lowest BCUT2D eigenvalue weighted by atomic mass is 10.0. The molecule has 0 aliphatic rings. The summed E-state index contributed by atoms with van der Waals surface area (Å²) in [6.07, 6.45) is 0. The largest absolute Gasteiger partial charge is 0.497 e. The van der Waals surface area contributed by atoms with Crippen LogP contribution in [0.25, 0.3) is 0 Å². The summed E-state index contributed by atoms with van der Waals surface area (Å²) in [6.45, 7) is 5.66. The van der Waals surface area contributed by atoms with Crippen molar-refractivity contribution in [2.75, 3.05) is 27.8 Å². The van der Waals surface area contributed by atoms with Crippen LogP contribution in [0.5, 0.6) is 11.5 Å². The fourth-order valence-corrected chi connectivity index (χ4v) is 1.61. The van der Waals surface area contributed by atoms with Crippen molar-refractivity contribution >= 4 is 0 Å². The highest BCUT2D eigenvalue weighted by atomic mass is 16.5. The van der Waals surface area contributed by atoms with Gasteiger partial charge in [0.2, 0.25) is 0 Å². The highest BCUT2D eigenvalue weighted by Gasteiger charge is 2.22. The third kappa shape index (κ3) is 3.37. The minimum absolute atomic E-state index is 0.0368. The van der Waals surface area contributed by atoms with E-state index in [4.69, 9.17) is 15.2 Å². The zero-order valence-corrected chi connectivity index (χ0v) is 12.0. The number of benzene rings is 1. The molecule has 0 fully saturated rings. The third-order valence-electron chi connectivity index (χ3n) is 3.43. The molecule has 0 heterocycles. The molecule has 0 aliphatic heterocycles. The van der Waals surface area contributed by atoms with Gasteiger partial charge in [-0.3, -0.25) is 4.90 Å². The summed E-state index contributed by atoms with van der Waals surface area (Å²) in [5, 5.41) is 0. The summed E-state index contributed by atoms with van der Waals surface area (Å²) in [5.74, 6) is 1.64. The van der Waals surface area contributed by atoms with Crippen molar-refractivity contribution in [2.45, 2.75) is 25.9 Å². The van der Waals surface area contributed by atoms with Crippen LogP contribution in [0.1, 0.15) is 19.4 Å². The van der Waals surface area contributed by atoms with Gasteiger partial charge in [0.1, 0.15) is 11.5 Å². The van der Waals surface area contributed by atoms with Crippen LogP contribution in [0.4, 0.5) is 0 Å². The Morgan fingerprint density at radius 3 is 2.39 bits per heavy atom. The minimum atomic E-state index is -0.0368. The van der Waals surface area contributed by atoms with Crippen molar-refractivity contribution in [1.82, 2.24) is 4.90 Å². The van der Waals surface area contributed by atoms with E-state index in [0.29, 0.717) is 6.54 Å². The lowest BCUT2D eigenvalue weighted by molar-refractivity contribution is 0.154. The summed E-state index contributed by atoms with van der Waals surface area (Å²) >= 11 is 0. The van der Waals surface area contributed by atoms with Crippen LogP contribution < -0.4 is 15.2 Å². The molecule has 1 aromatic carbocycles. The van der Waals surface area contributed by atoms with Gasteiger partial charge in [-0.1, -0.05) is 6.07 Å². The molecule has 0 bridgehead atoms. The topological polar surface area (TPSA) is 47.7 Å². The quantitative estimate of drug-likeness (QED) is 0.839. The number of rotatable bonds is 6. The molecule has 0 amide bonds. The number of nitrogens with two attached hydrogens (primary N) is 1. The Balaban J connectivity index is 2.90. The van der Waals surface area contributed by atoms with E-state index in [1.807, 2.05) is 18.2 Å². The number of likely N-dealkylation sites (N-methyl/N-ethyl adjacent to an activating group) is 1. The van der Waals surface area contributed by atoms with Crippen molar-refractivity contribution in [3.05, 3.63) is 23.8 Å². The van der Waals surface area contributed by atoms with Crippen LogP contribution in [-0.4, -0.2) is 38.3 Å². The highest BCUT2D eigenvalue weighted by Crippen LogP contribution is 2.27. The van der Waals surface area contributed by atoms with Gasteiger partial charge in [-0.05, 0) is 27.0 Å². The van der Waals surface area contributed by atoms with Gasteiger partial charge in [0.05, 0.1) is 14.2 Å². The Morgan fingerprint density at radius 2 is 1.89 bits per heavy atom. The summed E-state index contributed by atoms with van der Waals surface area (Å²) in [5.41, 5.74) is 6.87. The van der Waals surface area contributed by atoms with Crippen LogP contribution >= 0.6 is 0 Å². The molecule has 1 aromatic rings. The van der Waals surface area contributed by atoms with Gasteiger partial charge in [-0.2, -0.15) is 0 Å². The Bertz CT molecular complexity index is 391. The van der Waals surface area contributed by atoms with Crippen LogP contribution in [0.15, 0.2) is 18.2 Å². The van der Waals surface area contributed by atoms with E-state index >= 15 is 0 Å². The van der Waals surface area contributed by atoms with Crippen molar-refractivity contribution in [3.8, 4) is 11.5 Å². The Kier molecular flexibility index (Phi) is 4.99. The van der Waals surface area contributed by atoms with Crippen molar-refractivity contribution in [3.63, 3.8) is 0 Å². The zero-order valence-electron chi connectivity index (χ0n) is 12.0. The SMILES string of the molecule is COc1ccc(CN(C)C(C)(C)CN)c(OC)c1. The summed E-state index contributed by atoms with van der Waals surface area (Å²) in [6, 6.07) is 5.88. The fraction of sp³-hybridized carbons (Fsp3) is 0.571. The number of hydrogen-bond acceptors (Lipinski definition) is 4. The van der Waals surface area contributed by atoms with E-state index in [-0.39, 0.29) is 5.54 Å². The van der Waals surface area contributed by atoms with E-state index in [1.54, 1.807) is 14.2 Å². The first-order chi connectivity index (χ1) is 8.44. The molecule has 4 nitrogen and oxygen atoms in total. The first kappa shape index (κ1) is 14.8. The van der Waals surface area contributed by atoms with Crippen LogP contribution in [0.2, 0.25) is 0 Å². The van der Waals surface area contributed by atoms with Gasteiger partial charge >= 0.3 is 0 Å². The molecule has 102 valence electrons. The molecule has 4 heteroatoms. The van der Waals surface area contributed by atoms with E-state index in [2.05, 4.69) is 25.8 Å². The maximum atomic E-state index is 5.78. The van der Waals surface area contributed by atoms with Crippen LogP contribution in [0, 0.1) is 0 Å². The third-order valence-corrected chi connectivity index (χ3v) is 3.43. The second-order valence-electron chi connectivity index (χ2n) is 5.05. The predicted octanol–water partition coefficient (Wildman–Crippen LogP) is 1.87. The standard InChI is InChI=1S/C14H24N2O2/c1-14(2,10-15)16(3)9-11-6-7-12(17-4)8-13(11)18-5/h6-8H,9-10,15H2,1-5H3. The second kappa shape index (κ2) is 6.07. The van der Waals surface area contributed by atoms with Gasteiger partial charge in [0.15, 0.2) is 0 Å². The van der Waals surface area contributed by atoms with Gasteiger partial charge in [0, 0.05) is 30.3 Å². The molecule has 0 saturated heterocycles. The summed E-state index contributed by atoms with van der Waals surface area (Å²) < 4.78 is 10.6. The number of methoxy groups -OCH3 is 2. The Labute approximate surface area is 110 Å². The van der Waals surface area contributed by atoms with Crippen LogP contribution in [-0.2, 0) is 6.54 Å². The van der Waals surface area contributed by atoms with Crippen molar-refractivity contribution < 1.29 is 9.47 Å². The molecule has 0 saturated carbocycles. The molecule has 0 unspecified atom stereocenters. The van der Waals surface area contributed by atoms with Crippen molar-refractivity contribution in [1.29, 1.82) is 0 Å². The summed E-state index contributed by atoms with van der Waals surface area (Å²) in [7, 11) is 5.39. The second-order valence-corrected chi connectivity index (χ2v) is 5.05. The molecule has 0 atom stereocenters. The van der Waals surface area contributed by atoms with Gasteiger partial charge < -0.3 is 15.2 Å². The molecule has 0 spiro atoms. The average Bonchev–Trinajstić information content (AvgIpc) is 2.38. The average molecular weight is 252 g/mol. The monoisotopic (exact) mass is 252 g/mol. The minimum Gasteiger partial charge on any atom is -0.497 e. The smallest absolute Gasteiger partial charge is 0.127 e. The normalized spacial score (nSPS) is 11.7. The number of nitrogens with zero attached hydrogens (tertiary/aromatic N) is 1. The Morgan fingerprint density at radius 1 is 1.22 bits per heavy atom. The maximum absolute atomic E-state index is 5.78. The first-order valence-electron chi connectivity index (χ1n) is 6.07. The fourth-order valence-electron chi connectivity index (χ4n) is 1.61. The molecular weight excluding hydrogens is 228 g/mol. The number of hydrogen-bond donors (Lipinski definition) is 1. The molecule has 2 N–H and O–H groups in total. The lowest BCUT2D eigenvalue weighted by Crippen LogP contribution is -2.46. The summed E-state index contributed by atoms with van der Waals surface area (Å²) in [4.78, 5) is 2.22. The molecule has 1 rings (SSSR count). The predicted molar refractivity (Wildman–Crippen MR) is 74.1 cm³/mol. The van der Waals surface area contributed by atoms with Gasteiger partial charge in [0.25, 0.3) is 0 Å². The van der Waals surface area contributed by atoms with Crippen molar-refractivity contribution in [2.24, 2.45) is 5.73 Å². The molecule has 0 aliphatic carbocycles. The van der Waals surface area contributed by atoms with Gasteiger partial charge in [-0.25, -0.2) is 0 Å². The Hall–Kier alpha value is -1.26. The van der Waals surface area contributed by atoms with E-state index in [0.717, 1.165) is 23.6 Å². The maximum Gasteiger partial charge on any atom is 0.127 e. The molecular formula is C14H24N2O2. The molecule has 0 aromatic heterocycles. The van der Waals surface area contributed by atoms with Crippen LogP contribution in [0.3, 0.4) is 0 Å². The van der Waals surface area contributed by atoms with E-state index in [9.17, 15) is 0 Å². The molecule has 18 heavy (non-hydrogen) atoms. The van der Waals surface area contributed by atoms with E-state index in [1.165, 1.54) is 0 Å². The van der Waals surface area contributed by atoms with Gasteiger partial charge in [-0.15, -0.1) is 0 Å². The highest BCUT2D eigenvalue weighted by molar-refractivity contribution is 5.40. The van der Waals surface area contributed by atoms with E-state index < -0.39 is 0 Å².